The van der Waals surface area contributed by atoms with E-state index in [4.69, 9.17) is 38.2 Å². The van der Waals surface area contributed by atoms with Gasteiger partial charge in [0.1, 0.15) is 0 Å². The number of hydrogen-bond donors (Lipinski definition) is 2. The van der Waals surface area contributed by atoms with E-state index >= 15 is 0 Å². The van der Waals surface area contributed by atoms with Crippen molar-refractivity contribution in [3.63, 3.8) is 0 Å². The number of carboxylic acids is 1. The van der Waals surface area contributed by atoms with Crippen molar-refractivity contribution < 1.29 is 19.7 Å². The minimum Gasteiger partial charge on any atom is -0.479 e. The van der Waals surface area contributed by atoms with Crippen LogP contribution in [0.15, 0.2) is 18.2 Å². The van der Waals surface area contributed by atoms with Crippen molar-refractivity contribution in [2.24, 2.45) is 0 Å². The van der Waals surface area contributed by atoms with Crippen LogP contribution in [0.4, 0.5) is 0 Å². The van der Waals surface area contributed by atoms with Gasteiger partial charge in [0, 0.05) is 22.2 Å². The lowest BCUT2D eigenvalue weighted by Gasteiger charge is -2.09. The molecule has 100 valence electrons. The number of aliphatic carboxylic acids is 1. The Morgan fingerprint density at radius 2 is 1.94 bits per heavy atom. The fourth-order valence-corrected chi connectivity index (χ4v) is 1.85. The Labute approximate surface area is 115 Å². The Hall–Kier alpha value is -0.810. The standard InChI is InChI=1S/C12H14Cl2O4/c13-9-3-1-4-10(14)8(9)7-18-6-2-5-11(15)12(16)17/h1,3-4,11,15H,2,5-7H2,(H,16,17). The first-order valence-corrected chi connectivity index (χ1v) is 6.19. The number of aliphatic hydroxyl groups is 1. The Morgan fingerprint density at radius 1 is 1.33 bits per heavy atom. The SMILES string of the molecule is O=C(O)C(O)CCCOCc1c(Cl)cccc1Cl. The number of carbonyl (C=O) groups is 1. The Morgan fingerprint density at radius 3 is 2.50 bits per heavy atom. The average Bonchev–Trinajstić information content (AvgIpc) is 2.31. The van der Waals surface area contributed by atoms with Gasteiger partial charge in [-0.25, -0.2) is 4.79 Å². The molecule has 0 fully saturated rings. The molecule has 0 spiro atoms. The van der Waals surface area contributed by atoms with Gasteiger partial charge in [0.15, 0.2) is 6.10 Å². The molecule has 1 rings (SSSR count). The Kier molecular flexibility index (Phi) is 6.43. The number of hydrogen-bond acceptors (Lipinski definition) is 3. The maximum atomic E-state index is 10.3. The third-order valence-corrected chi connectivity index (χ3v) is 3.07. The zero-order chi connectivity index (χ0) is 13.5. The molecule has 1 atom stereocenters. The Bertz CT molecular complexity index is 389. The summed E-state index contributed by atoms with van der Waals surface area (Å²) in [5.41, 5.74) is 0.708. The second-order valence-electron chi connectivity index (χ2n) is 3.75. The summed E-state index contributed by atoms with van der Waals surface area (Å²) < 4.78 is 5.34. The molecule has 0 heterocycles. The molecule has 0 amide bonds. The van der Waals surface area contributed by atoms with Crippen molar-refractivity contribution in [1.29, 1.82) is 0 Å². The minimum atomic E-state index is -1.34. The first-order chi connectivity index (χ1) is 8.52. The Balaban J connectivity index is 2.28. The molecule has 2 N–H and O–H groups in total. The van der Waals surface area contributed by atoms with Gasteiger partial charge in [-0.2, -0.15) is 0 Å². The van der Waals surface area contributed by atoms with Gasteiger partial charge in [-0.15, -0.1) is 0 Å². The molecule has 0 saturated carbocycles. The van der Waals surface area contributed by atoms with Crippen molar-refractivity contribution in [3.05, 3.63) is 33.8 Å². The highest BCUT2D eigenvalue weighted by molar-refractivity contribution is 6.35. The van der Waals surface area contributed by atoms with Gasteiger partial charge in [0.05, 0.1) is 6.61 Å². The minimum absolute atomic E-state index is 0.158. The van der Waals surface area contributed by atoms with Crippen LogP contribution >= 0.6 is 23.2 Å². The van der Waals surface area contributed by atoms with Crippen LogP contribution < -0.4 is 0 Å². The van der Waals surface area contributed by atoms with Crippen LogP contribution in [0.2, 0.25) is 10.0 Å². The van der Waals surface area contributed by atoms with Crippen molar-refractivity contribution in [2.75, 3.05) is 6.61 Å². The summed E-state index contributed by atoms with van der Waals surface area (Å²) in [6, 6.07) is 5.19. The lowest BCUT2D eigenvalue weighted by Crippen LogP contribution is -2.19. The summed E-state index contributed by atoms with van der Waals surface area (Å²) in [7, 11) is 0. The average molecular weight is 293 g/mol. The first-order valence-electron chi connectivity index (χ1n) is 5.44. The van der Waals surface area contributed by atoms with Crippen LogP contribution in [0.25, 0.3) is 0 Å². The van der Waals surface area contributed by atoms with E-state index in [-0.39, 0.29) is 13.0 Å². The molecule has 18 heavy (non-hydrogen) atoms. The molecule has 6 heteroatoms. The molecular weight excluding hydrogens is 279 g/mol. The van der Waals surface area contributed by atoms with Gasteiger partial charge in [-0.3, -0.25) is 0 Å². The smallest absolute Gasteiger partial charge is 0.332 e. The molecule has 1 aromatic rings. The second kappa shape index (κ2) is 7.59. The summed E-state index contributed by atoms with van der Waals surface area (Å²) in [5.74, 6) is -1.22. The van der Waals surface area contributed by atoms with Gasteiger partial charge in [-0.05, 0) is 25.0 Å². The van der Waals surface area contributed by atoms with E-state index in [1.54, 1.807) is 18.2 Å². The molecule has 1 unspecified atom stereocenters. The number of aliphatic hydroxyl groups excluding tert-OH is 1. The molecule has 0 saturated heterocycles. The molecule has 0 bridgehead atoms. The highest BCUT2D eigenvalue weighted by atomic mass is 35.5. The number of ether oxygens (including phenoxy) is 1. The van der Waals surface area contributed by atoms with E-state index in [1.165, 1.54) is 0 Å². The van der Waals surface area contributed by atoms with Crippen molar-refractivity contribution in [2.45, 2.75) is 25.6 Å². The van der Waals surface area contributed by atoms with Crippen LogP contribution in [0, 0.1) is 0 Å². The second-order valence-corrected chi connectivity index (χ2v) is 4.56. The van der Waals surface area contributed by atoms with Gasteiger partial charge < -0.3 is 14.9 Å². The third-order valence-electron chi connectivity index (χ3n) is 2.36. The van der Waals surface area contributed by atoms with E-state index in [0.717, 1.165) is 0 Å². The maximum absolute atomic E-state index is 10.3. The summed E-state index contributed by atoms with van der Waals surface area (Å²) in [5, 5.41) is 18.6. The summed E-state index contributed by atoms with van der Waals surface area (Å²) in [6.07, 6.45) is -0.723. The lowest BCUT2D eigenvalue weighted by atomic mass is 10.2. The van der Waals surface area contributed by atoms with Crippen molar-refractivity contribution in [3.8, 4) is 0 Å². The summed E-state index contributed by atoms with van der Waals surface area (Å²) >= 11 is 11.9. The molecule has 1 aromatic carbocycles. The van der Waals surface area contributed by atoms with E-state index in [1.807, 2.05) is 0 Å². The number of benzene rings is 1. The molecule has 4 nitrogen and oxygen atoms in total. The monoisotopic (exact) mass is 292 g/mol. The van der Waals surface area contributed by atoms with E-state index < -0.39 is 12.1 Å². The normalized spacial score (nSPS) is 12.4. The lowest BCUT2D eigenvalue weighted by molar-refractivity contribution is -0.147. The molecule has 0 aliphatic rings. The van der Waals surface area contributed by atoms with E-state index in [0.29, 0.717) is 28.6 Å². The number of carboxylic acid groups (broad SMARTS) is 1. The molecule has 0 aliphatic heterocycles. The third kappa shape index (κ3) is 4.82. The summed E-state index contributed by atoms with van der Waals surface area (Å²) in [6.45, 7) is 0.605. The van der Waals surface area contributed by atoms with Crippen molar-refractivity contribution in [1.82, 2.24) is 0 Å². The largest absolute Gasteiger partial charge is 0.479 e. The van der Waals surface area contributed by atoms with Crippen LogP contribution in [0.1, 0.15) is 18.4 Å². The van der Waals surface area contributed by atoms with Gasteiger partial charge in [0.2, 0.25) is 0 Å². The van der Waals surface area contributed by atoms with E-state index in [2.05, 4.69) is 0 Å². The first kappa shape index (κ1) is 15.2. The van der Waals surface area contributed by atoms with Gasteiger partial charge in [-0.1, -0.05) is 29.3 Å². The number of halogens is 2. The predicted molar refractivity (Wildman–Crippen MR) is 69.0 cm³/mol. The topological polar surface area (TPSA) is 66.8 Å². The number of rotatable bonds is 7. The quantitative estimate of drug-likeness (QED) is 0.759. The molecule has 0 radical (unpaired) electrons. The highest BCUT2D eigenvalue weighted by Crippen LogP contribution is 2.24. The maximum Gasteiger partial charge on any atom is 0.332 e. The van der Waals surface area contributed by atoms with Gasteiger partial charge in [0.25, 0.3) is 0 Å². The van der Waals surface area contributed by atoms with Crippen LogP contribution in [0.5, 0.6) is 0 Å². The predicted octanol–water partition coefficient (Wildman–Crippen LogP) is 2.74. The fourth-order valence-electron chi connectivity index (χ4n) is 1.35. The molecular formula is C12H14Cl2O4. The van der Waals surface area contributed by atoms with Crippen molar-refractivity contribution >= 4 is 29.2 Å². The summed E-state index contributed by atoms with van der Waals surface area (Å²) in [4.78, 5) is 10.3. The molecule has 0 aliphatic carbocycles. The zero-order valence-electron chi connectivity index (χ0n) is 9.60. The van der Waals surface area contributed by atoms with Crippen LogP contribution in [-0.2, 0) is 16.1 Å². The van der Waals surface area contributed by atoms with Gasteiger partial charge >= 0.3 is 5.97 Å². The fraction of sp³-hybridized carbons (Fsp3) is 0.417. The molecule has 0 aromatic heterocycles. The highest BCUT2D eigenvalue weighted by Gasteiger charge is 2.12. The van der Waals surface area contributed by atoms with Crippen LogP contribution in [-0.4, -0.2) is 28.9 Å². The zero-order valence-corrected chi connectivity index (χ0v) is 11.1. The van der Waals surface area contributed by atoms with Crippen LogP contribution in [0.3, 0.4) is 0 Å². The van der Waals surface area contributed by atoms with E-state index in [9.17, 15) is 4.79 Å².